The van der Waals surface area contributed by atoms with Crippen LogP contribution in [-0.4, -0.2) is 36.2 Å². The van der Waals surface area contributed by atoms with E-state index in [1.807, 2.05) is 0 Å². The van der Waals surface area contributed by atoms with Crippen LogP contribution >= 0.6 is 11.8 Å². The van der Waals surface area contributed by atoms with E-state index in [0.717, 1.165) is 11.8 Å². The van der Waals surface area contributed by atoms with E-state index < -0.39 is 4.92 Å². The average molecular weight is 374 g/mol. The normalized spacial score (nSPS) is 10.8. The lowest BCUT2D eigenvalue weighted by Crippen LogP contribution is -2.16. The summed E-state index contributed by atoms with van der Waals surface area (Å²) in [6.07, 6.45) is 0. The van der Waals surface area contributed by atoms with E-state index >= 15 is 0 Å². The molecule has 0 saturated heterocycles. The van der Waals surface area contributed by atoms with Gasteiger partial charge in [0, 0.05) is 29.1 Å². The third kappa shape index (κ3) is 3.42. The lowest BCUT2D eigenvalue weighted by molar-refractivity contribution is -0.384. The summed E-state index contributed by atoms with van der Waals surface area (Å²) in [5.41, 5.74) is 1.24. The molecule has 10 nitrogen and oxygen atoms in total. The van der Waals surface area contributed by atoms with Crippen molar-refractivity contribution in [1.29, 1.82) is 0 Å². The topological polar surface area (TPSA) is 135 Å². The first-order valence-electron chi connectivity index (χ1n) is 7.48. The second kappa shape index (κ2) is 6.96. The molecular formula is C15H14N6O4S. The second-order valence-electron chi connectivity index (χ2n) is 5.45. The summed E-state index contributed by atoms with van der Waals surface area (Å²) >= 11 is 1.14. The highest BCUT2D eigenvalue weighted by Crippen LogP contribution is 2.20. The van der Waals surface area contributed by atoms with Gasteiger partial charge in [0.1, 0.15) is 0 Å². The van der Waals surface area contributed by atoms with Crippen molar-refractivity contribution in [1.82, 2.24) is 19.6 Å². The zero-order valence-corrected chi connectivity index (χ0v) is 14.7. The number of fused-ring (bicyclic) bond motifs is 1. The zero-order chi connectivity index (χ0) is 18.8. The summed E-state index contributed by atoms with van der Waals surface area (Å²) in [5, 5.41) is 21.7. The minimum absolute atomic E-state index is 0.0289. The van der Waals surface area contributed by atoms with Gasteiger partial charge in [-0.25, -0.2) is 0 Å². The molecule has 0 aliphatic rings. The number of nitrogens with one attached hydrogen (secondary N) is 2. The molecule has 2 heterocycles. The molecule has 2 N–H and O–H groups in total. The third-order valence-corrected chi connectivity index (χ3v) is 4.68. The van der Waals surface area contributed by atoms with E-state index in [1.54, 1.807) is 24.3 Å². The fraction of sp³-hybridized carbons (Fsp3) is 0.200. The van der Waals surface area contributed by atoms with Gasteiger partial charge in [-0.1, -0.05) is 17.8 Å². The van der Waals surface area contributed by atoms with Crippen molar-refractivity contribution in [2.75, 3.05) is 11.1 Å². The number of aryl methyl sites for hydroxylation is 1. The van der Waals surface area contributed by atoms with Crippen LogP contribution in [0.15, 0.2) is 34.2 Å². The van der Waals surface area contributed by atoms with E-state index in [0.29, 0.717) is 27.9 Å². The van der Waals surface area contributed by atoms with E-state index in [2.05, 4.69) is 20.5 Å². The molecule has 2 aromatic heterocycles. The first-order chi connectivity index (χ1) is 12.4. The molecule has 11 heteroatoms. The Hall–Kier alpha value is -3.21. The third-order valence-electron chi connectivity index (χ3n) is 3.75. The fourth-order valence-corrected chi connectivity index (χ4v) is 3.08. The zero-order valence-electron chi connectivity index (χ0n) is 13.8. The highest BCUT2D eigenvalue weighted by molar-refractivity contribution is 7.99. The first kappa shape index (κ1) is 17.6. The van der Waals surface area contributed by atoms with Gasteiger partial charge in [-0.2, -0.15) is 0 Å². The van der Waals surface area contributed by atoms with Crippen molar-refractivity contribution < 1.29 is 9.72 Å². The van der Waals surface area contributed by atoms with Crippen molar-refractivity contribution in [3.63, 3.8) is 0 Å². The molecule has 0 fully saturated rings. The van der Waals surface area contributed by atoms with Gasteiger partial charge in [-0.15, -0.1) is 10.2 Å². The molecule has 26 heavy (non-hydrogen) atoms. The summed E-state index contributed by atoms with van der Waals surface area (Å²) in [4.78, 5) is 36.7. The van der Waals surface area contributed by atoms with Crippen LogP contribution in [0.2, 0.25) is 0 Å². The Labute approximate surface area is 150 Å². The number of amides is 1. The number of H-pyrrole nitrogens is 1. The molecule has 0 spiro atoms. The summed E-state index contributed by atoms with van der Waals surface area (Å²) in [5.74, 6) is -0.00748. The number of carbonyl (C=O) groups excluding carboxylic acids is 1. The van der Waals surface area contributed by atoms with Gasteiger partial charge < -0.3 is 5.32 Å². The number of nitro groups is 1. The minimum atomic E-state index is -0.529. The Morgan fingerprint density at radius 3 is 2.88 bits per heavy atom. The van der Waals surface area contributed by atoms with Crippen LogP contribution in [0.4, 0.5) is 11.4 Å². The smallest absolute Gasteiger partial charge is 0.271 e. The summed E-state index contributed by atoms with van der Waals surface area (Å²) in [6, 6.07) is 5.70. The number of carbonyl (C=O) groups is 1. The van der Waals surface area contributed by atoms with Gasteiger partial charge in [0.25, 0.3) is 11.2 Å². The van der Waals surface area contributed by atoms with Gasteiger partial charge >= 0.3 is 0 Å². The van der Waals surface area contributed by atoms with Crippen molar-refractivity contribution in [2.45, 2.75) is 19.0 Å². The van der Waals surface area contributed by atoms with Crippen LogP contribution in [0.25, 0.3) is 5.78 Å². The van der Waals surface area contributed by atoms with Gasteiger partial charge in [0.05, 0.1) is 10.7 Å². The van der Waals surface area contributed by atoms with Crippen LogP contribution in [0, 0.1) is 24.0 Å². The number of non-ortho nitro benzene ring substituents is 1. The average Bonchev–Trinajstić information content (AvgIpc) is 3.01. The Bertz CT molecular complexity index is 1070. The summed E-state index contributed by atoms with van der Waals surface area (Å²) in [6.45, 7) is 3.46. The number of aromatic amines is 1. The standard InChI is InChI=1S/C15H14N6O4S/c1-8-9(2)20-14(17-13(8)23)18-19-15(20)26-7-12(22)16-10-4-3-5-11(6-10)21(24)25/h3-6H,7H2,1-2H3,(H,16,22)(H,17,18,23). The van der Waals surface area contributed by atoms with E-state index in [-0.39, 0.29) is 22.9 Å². The van der Waals surface area contributed by atoms with Crippen LogP contribution in [0.1, 0.15) is 11.3 Å². The molecule has 3 aromatic rings. The van der Waals surface area contributed by atoms with Crippen molar-refractivity contribution in [3.05, 3.63) is 56.0 Å². The molecule has 3 rings (SSSR count). The number of nitrogens with zero attached hydrogens (tertiary/aromatic N) is 4. The Morgan fingerprint density at radius 1 is 1.38 bits per heavy atom. The van der Waals surface area contributed by atoms with Gasteiger partial charge in [-0.05, 0) is 19.9 Å². The number of rotatable bonds is 5. The number of thioether (sulfide) groups is 1. The SMILES string of the molecule is Cc1c(C)n2c(SCC(=O)Nc3cccc([N+](=O)[O-])c3)nnc2[nH]c1=O. The van der Waals surface area contributed by atoms with Crippen LogP contribution in [-0.2, 0) is 4.79 Å². The quantitative estimate of drug-likeness (QED) is 0.394. The first-order valence-corrected chi connectivity index (χ1v) is 8.47. The summed E-state index contributed by atoms with van der Waals surface area (Å²) in [7, 11) is 0. The van der Waals surface area contributed by atoms with Crippen LogP contribution < -0.4 is 10.9 Å². The molecule has 134 valence electrons. The van der Waals surface area contributed by atoms with Crippen LogP contribution in [0.5, 0.6) is 0 Å². The Morgan fingerprint density at radius 2 is 2.15 bits per heavy atom. The highest BCUT2D eigenvalue weighted by Gasteiger charge is 2.14. The molecular weight excluding hydrogens is 360 g/mol. The van der Waals surface area contributed by atoms with Crippen molar-refractivity contribution >= 4 is 34.8 Å². The lowest BCUT2D eigenvalue weighted by atomic mass is 10.3. The molecule has 0 bridgehead atoms. The molecule has 0 aliphatic heterocycles. The van der Waals surface area contributed by atoms with E-state index in [1.165, 1.54) is 18.2 Å². The van der Waals surface area contributed by atoms with Gasteiger partial charge in [-0.3, -0.25) is 29.1 Å². The molecule has 0 saturated carbocycles. The van der Waals surface area contributed by atoms with E-state index in [4.69, 9.17) is 0 Å². The molecule has 0 atom stereocenters. The Balaban J connectivity index is 1.73. The number of hydrogen-bond acceptors (Lipinski definition) is 7. The fourth-order valence-electron chi connectivity index (χ4n) is 2.30. The van der Waals surface area contributed by atoms with Crippen molar-refractivity contribution in [3.8, 4) is 0 Å². The molecule has 0 aliphatic carbocycles. The number of nitro benzene ring substituents is 1. The highest BCUT2D eigenvalue weighted by atomic mass is 32.2. The number of anilines is 1. The maximum Gasteiger partial charge on any atom is 0.271 e. The number of benzene rings is 1. The van der Waals surface area contributed by atoms with Crippen LogP contribution in [0.3, 0.4) is 0 Å². The number of aromatic nitrogens is 4. The lowest BCUT2D eigenvalue weighted by Gasteiger charge is -2.06. The number of hydrogen-bond donors (Lipinski definition) is 2. The van der Waals surface area contributed by atoms with Crippen molar-refractivity contribution in [2.24, 2.45) is 0 Å². The maximum atomic E-state index is 12.1. The minimum Gasteiger partial charge on any atom is -0.325 e. The Kier molecular flexibility index (Phi) is 4.71. The largest absolute Gasteiger partial charge is 0.325 e. The second-order valence-corrected chi connectivity index (χ2v) is 6.39. The predicted octanol–water partition coefficient (Wildman–Crippen LogP) is 1.67. The monoisotopic (exact) mass is 374 g/mol. The molecule has 1 aromatic carbocycles. The molecule has 0 radical (unpaired) electrons. The molecule has 0 unspecified atom stereocenters. The predicted molar refractivity (Wildman–Crippen MR) is 95.5 cm³/mol. The maximum absolute atomic E-state index is 12.1. The van der Waals surface area contributed by atoms with Gasteiger partial charge in [0.15, 0.2) is 5.16 Å². The summed E-state index contributed by atoms with van der Waals surface area (Å²) < 4.78 is 1.67. The van der Waals surface area contributed by atoms with Gasteiger partial charge in [0.2, 0.25) is 11.7 Å². The molecule has 1 amide bonds. The van der Waals surface area contributed by atoms with E-state index in [9.17, 15) is 19.7 Å².